The lowest BCUT2D eigenvalue weighted by atomic mass is 10.3. The van der Waals surface area contributed by atoms with E-state index in [1.807, 2.05) is 7.05 Å². The van der Waals surface area contributed by atoms with Gasteiger partial charge in [-0.1, -0.05) is 0 Å². The predicted octanol–water partition coefficient (Wildman–Crippen LogP) is 0.291. The first kappa shape index (κ1) is 11.5. The number of nitrogens with zero attached hydrogens (tertiary/aromatic N) is 3. The van der Waals surface area contributed by atoms with E-state index in [9.17, 15) is 4.79 Å². The summed E-state index contributed by atoms with van der Waals surface area (Å²) in [6.07, 6.45) is 4.16. The highest BCUT2D eigenvalue weighted by molar-refractivity contribution is 5.96. The van der Waals surface area contributed by atoms with Crippen molar-refractivity contribution in [2.45, 2.75) is 12.8 Å². The third-order valence-corrected chi connectivity index (χ3v) is 2.31. The Kier molecular flexibility index (Phi) is 3.61. The normalized spacial score (nSPS) is 10.6. The number of carbonyl (C=O) groups excluding carboxylic acids is 1. The molecule has 0 aromatic carbocycles. The highest BCUT2D eigenvalue weighted by Gasteiger charge is 2.09. The van der Waals surface area contributed by atoms with E-state index in [0.29, 0.717) is 23.4 Å². The molecule has 0 aliphatic carbocycles. The fourth-order valence-electron chi connectivity index (χ4n) is 1.48. The summed E-state index contributed by atoms with van der Waals surface area (Å²) >= 11 is 0. The maximum atomic E-state index is 11.6. The van der Waals surface area contributed by atoms with Crippen molar-refractivity contribution in [2.24, 2.45) is 0 Å². The van der Waals surface area contributed by atoms with E-state index in [1.54, 1.807) is 0 Å². The lowest BCUT2D eigenvalue weighted by molar-refractivity contribution is -0.116. The summed E-state index contributed by atoms with van der Waals surface area (Å²) < 4.78 is 0. The molecule has 0 atom stereocenters. The first-order valence-electron chi connectivity index (χ1n) is 5.40. The summed E-state index contributed by atoms with van der Waals surface area (Å²) in [7, 11) is 1.86. The molecule has 17 heavy (non-hydrogen) atoms. The van der Waals surface area contributed by atoms with Crippen LogP contribution in [0.3, 0.4) is 0 Å². The smallest absolute Gasteiger partial charge is 0.225 e. The SMILES string of the molecule is CNCCCC(=O)Nc1ncnc2[nH]cnc12. The van der Waals surface area contributed by atoms with E-state index in [0.717, 1.165) is 13.0 Å². The molecule has 0 unspecified atom stereocenters. The second kappa shape index (κ2) is 5.35. The van der Waals surface area contributed by atoms with Crippen molar-refractivity contribution < 1.29 is 4.79 Å². The van der Waals surface area contributed by atoms with Crippen molar-refractivity contribution in [1.82, 2.24) is 25.3 Å². The van der Waals surface area contributed by atoms with Gasteiger partial charge in [-0.3, -0.25) is 4.79 Å². The molecule has 1 amide bonds. The monoisotopic (exact) mass is 234 g/mol. The highest BCUT2D eigenvalue weighted by atomic mass is 16.1. The Morgan fingerprint density at radius 3 is 3.12 bits per heavy atom. The van der Waals surface area contributed by atoms with Gasteiger partial charge in [0.25, 0.3) is 0 Å². The minimum absolute atomic E-state index is 0.0664. The number of rotatable bonds is 5. The summed E-state index contributed by atoms with van der Waals surface area (Å²) in [5.74, 6) is 0.383. The van der Waals surface area contributed by atoms with Crippen molar-refractivity contribution in [2.75, 3.05) is 18.9 Å². The summed E-state index contributed by atoms with van der Waals surface area (Å²) in [4.78, 5) is 26.5. The minimum Gasteiger partial charge on any atom is -0.329 e. The van der Waals surface area contributed by atoms with Gasteiger partial charge < -0.3 is 15.6 Å². The number of hydrogen-bond donors (Lipinski definition) is 3. The van der Waals surface area contributed by atoms with E-state index >= 15 is 0 Å². The number of aromatic amines is 1. The molecular weight excluding hydrogens is 220 g/mol. The summed E-state index contributed by atoms with van der Waals surface area (Å²) in [5, 5.41) is 5.72. The fourth-order valence-corrected chi connectivity index (χ4v) is 1.48. The third-order valence-electron chi connectivity index (χ3n) is 2.31. The van der Waals surface area contributed by atoms with Crippen LogP contribution in [-0.2, 0) is 4.79 Å². The van der Waals surface area contributed by atoms with E-state index in [4.69, 9.17) is 0 Å². The zero-order valence-corrected chi connectivity index (χ0v) is 9.53. The van der Waals surface area contributed by atoms with Crippen molar-refractivity contribution in [3.63, 3.8) is 0 Å². The zero-order valence-electron chi connectivity index (χ0n) is 9.53. The lowest BCUT2D eigenvalue weighted by Crippen LogP contribution is -2.16. The molecular formula is C10H14N6O. The summed E-state index contributed by atoms with van der Waals surface area (Å²) in [6, 6.07) is 0. The Morgan fingerprint density at radius 1 is 1.41 bits per heavy atom. The molecule has 0 bridgehead atoms. The van der Waals surface area contributed by atoms with E-state index < -0.39 is 0 Å². The van der Waals surface area contributed by atoms with Crippen LogP contribution in [0.2, 0.25) is 0 Å². The number of aromatic nitrogens is 4. The Balaban J connectivity index is 2.03. The van der Waals surface area contributed by atoms with Crippen LogP contribution in [0.1, 0.15) is 12.8 Å². The third kappa shape index (κ3) is 2.76. The van der Waals surface area contributed by atoms with Crippen LogP contribution in [0.5, 0.6) is 0 Å². The molecule has 0 aliphatic heterocycles. The second-order valence-electron chi connectivity index (χ2n) is 3.58. The molecule has 2 aromatic rings. The van der Waals surface area contributed by atoms with Gasteiger partial charge in [0.05, 0.1) is 6.33 Å². The molecule has 90 valence electrons. The Labute approximate surface area is 98.1 Å². The quantitative estimate of drug-likeness (QED) is 0.646. The van der Waals surface area contributed by atoms with Gasteiger partial charge in [0.1, 0.15) is 6.33 Å². The van der Waals surface area contributed by atoms with Crippen molar-refractivity contribution >= 4 is 22.9 Å². The largest absolute Gasteiger partial charge is 0.329 e. The van der Waals surface area contributed by atoms with Gasteiger partial charge in [0, 0.05) is 6.42 Å². The van der Waals surface area contributed by atoms with Crippen LogP contribution in [0, 0.1) is 0 Å². The number of imidazole rings is 1. The number of H-pyrrole nitrogens is 1. The van der Waals surface area contributed by atoms with Crippen molar-refractivity contribution in [1.29, 1.82) is 0 Å². The van der Waals surface area contributed by atoms with Crippen LogP contribution < -0.4 is 10.6 Å². The van der Waals surface area contributed by atoms with E-state index in [-0.39, 0.29) is 5.91 Å². The van der Waals surface area contributed by atoms with Gasteiger partial charge in [-0.05, 0) is 20.0 Å². The zero-order chi connectivity index (χ0) is 12.1. The summed E-state index contributed by atoms with van der Waals surface area (Å²) in [5.41, 5.74) is 1.19. The molecule has 3 N–H and O–H groups in total. The van der Waals surface area contributed by atoms with Crippen molar-refractivity contribution in [3.8, 4) is 0 Å². The highest BCUT2D eigenvalue weighted by Crippen LogP contribution is 2.14. The van der Waals surface area contributed by atoms with Gasteiger partial charge >= 0.3 is 0 Å². The Morgan fingerprint density at radius 2 is 2.29 bits per heavy atom. The van der Waals surface area contributed by atoms with Crippen LogP contribution in [0.15, 0.2) is 12.7 Å². The van der Waals surface area contributed by atoms with Gasteiger partial charge in [0.2, 0.25) is 5.91 Å². The second-order valence-corrected chi connectivity index (χ2v) is 3.58. The Bertz CT molecular complexity index is 508. The standard InChI is InChI=1S/C10H14N6O/c1-11-4-2-3-7(17)16-10-8-9(13-5-12-8)14-6-15-10/h5-6,11H,2-4H2,1H3,(H2,12,13,14,15,16,17). The van der Waals surface area contributed by atoms with Crippen molar-refractivity contribution in [3.05, 3.63) is 12.7 Å². The van der Waals surface area contributed by atoms with E-state index in [2.05, 4.69) is 30.6 Å². The molecule has 7 nitrogen and oxygen atoms in total. The number of nitrogens with one attached hydrogen (secondary N) is 3. The number of fused-ring (bicyclic) bond motifs is 1. The predicted molar refractivity (Wildman–Crippen MR) is 63.5 cm³/mol. The summed E-state index contributed by atoms with van der Waals surface area (Å²) in [6.45, 7) is 0.814. The number of carbonyl (C=O) groups is 1. The number of amides is 1. The number of anilines is 1. The number of hydrogen-bond acceptors (Lipinski definition) is 5. The molecule has 0 aliphatic rings. The minimum atomic E-state index is -0.0664. The molecule has 0 saturated carbocycles. The van der Waals surface area contributed by atoms with Crippen LogP contribution in [0.4, 0.5) is 5.82 Å². The van der Waals surface area contributed by atoms with E-state index in [1.165, 1.54) is 12.7 Å². The first-order valence-corrected chi connectivity index (χ1v) is 5.40. The van der Waals surface area contributed by atoms with Crippen LogP contribution in [0.25, 0.3) is 11.2 Å². The average molecular weight is 234 g/mol. The molecule has 2 heterocycles. The lowest BCUT2D eigenvalue weighted by Gasteiger charge is -2.04. The van der Waals surface area contributed by atoms with Crippen LogP contribution >= 0.6 is 0 Å². The van der Waals surface area contributed by atoms with Crippen LogP contribution in [-0.4, -0.2) is 39.4 Å². The van der Waals surface area contributed by atoms with Gasteiger partial charge in [0.15, 0.2) is 17.0 Å². The molecule has 2 aromatic heterocycles. The molecule has 7 heteroatoms. The molecule has 0 radical (unpaired) electrons. The van der Waals surface area contributed by atoms with Gasteiger partial charge in [-0.25, -0.2) is 15.0 Å². The van der Waals surface area contributed by atoms with Gasteiger partial charge in [-0.15, -0.1) is 0 Å². The topological polar surface area (TPSA) is 95.6 Å². The average Bonchev–Trinajstić information content (AvgIpc) is 2.78. The maximum absolute atomic E-state index is 11.6. The molecule has 0 saturated heterocycles. The maximum Gasteiger partial charge on any atom is 0.225 e. The van der Waals surface area contributed by atoms with Gasteiger partial charge in [-0.2, -0.15) is 0 Å². The first-order chi connectivity index (χ1) is 8.31. The molecule has 0 spiro atoms. The Hall–Kier alpha value is -2.02. The molecule has 0 fully saturated rings. The fraction of sp³-hybridized carbons (Fsp3) is 0.400. The molecule has 2 rings (SSSR count).